The van der Waals surface area contributed by atoms with Crippen LogP contribution in [0.1, 0.15) is 31.0 Å². The van der Waals surface area contributed by atoms with Crippen molar-refractivity contribution in [3.05, 3.63) is 88.6 Å². The minimum atomic E-state index is -0.910. The van der Waals surface area contributed by atoms with E-state index >= 15 is 0 Å². The number of fused-ring (bicyclic) bond motifs is 1. The molecule has 1 aliphatic heterocycles. The van der Waals surface area contributed by atoms with Gasteiger partial charge in [-0.15, -0.1) is 0 Å². The van der Waals surface area contributed by atoms with Crippen molar-refractivity contribution >= 4 is 29.1 Å². The van der Waals surface area contributed by atoms with E-state index in [0.29, 0.717) is 33.1 Å². The number of rotatable bonds is 7. The molecular weight excluding hydrogens is 502 g/mol. The molecule has 0 saturated heterocycles. The van der Waals surface area contributed by atoms with Crippen LogP contribution >= 0.6 is 11.3 Å². The fraction of sp³-hybridized carbons (Fsp3) is 0.240. The van der Waals surface area contributed by atoms with Crippen molar-refractivity contribution in [1.82, 2.24) is 4.57 Å². The molecule has 2 heterocycles. The summed E-state index contributed by atoms with van der Waals surface area (Å²) in [6, 6.07) is 7.97. The molecule has 0 fully saturated rings. The Hall–Kier alpha value is -4.45. The van der Waals surface area contributed by atoms with Gasteiger partial charge in [0.05, 0.1) is 41.6 Å². The van der Waals surface area contributed by atoms with Crippen molar-refractivity contribution in [3.8, 4) is 17.2 Å². The average molecular weight is 526 g/mol. The molecule has 0 bridgehead atoms. The summed E-state index contributed by atoms with van der Waals surface area (Å²) in [5, 5.41) is 21.0. The quantitative estimate of drug-likeness (QED) is 0.282. The molecule has 0 amide bonds. The maximum atomic E-state index is 13.7. The number of thiazole rings is 1. The number of allylic oxidation sites excluding steroid dienone is 1. The molecule has 37 heavy (non-hydrogen) atoms. The van der Waals surface area contributed by atoms with Gasteiger partial charge < -0.3 is 19.3 Å². The molecule has 1 N–H and O–H groups in total. The predicted molar refractivity (Wildman–Crippen MR) is 135 cm³/mol. The second-order valence-electron chi connectivity index (χ2n) is 7.92. The zero-order valence-electron chi connectivity index (χ0n) is 20.4. The fourth-order valence-corrected chi connectivity index (χ4v) is 5.10. The topological polar surface area (TPSA) is 142 Å². The molecule has 0 aliphatic carbocycles. The third-order valence-corrected chi connectivity index (χ3v) is 6.73. The number of nitro benzene ring substituents is 1. The Balaban J connectivity index is 1.98. The highest BCUT2D eigenvalue weighted by atomic mass is 32.1. The van der Waals surface area contributed by atoms with E-state index in [1.165, 1.54) is 43.1 Å². The lowest BCUT2D eigenvalue weighted by Gasteiger charge is -2.26. The SMILES string of the molecule is CCOC(=O)C1=C(C)N=c2s/c(=C\c3ccc(O)c([N+](=O)[O-])c3)c(=O)n2[C@H]1c1ccc(OC)cc1OC. The number of phenolic OH excluding ortho intramolecular Hbond substituents is 1. The first-order chi connectivity index (χ1) is 17.7. The van der Waals surface area contributed by atoms with E-state index < -0.39 is 33.9 Å². The van der Waals surface area contributed by atoms with Crippen LogP contribution in [0.4, 0.5) is 5.69 Å². The molecule has 1 aliphatic rings. The summed E-state index contributed by atoms with van der Waals surface area (Å²) in [6.45, 7) is 3.48. The number of ether oxygens (including phenoxy) is 3. The number of aromatic hydroxyl groups is 1. The highest BCUT2D eigenvalue weighted by Gasteiger charge is 2.35. The maximum Gasteiger partial charge on any atom is 0.338 e. The van der Waals surface area contributed by atoms with Crippen molar-refractivity contribution < 1.29 is 29.0 Å². The summed E-state index contributed by atoms with van der Waals surface area (Å²) >= 11 is 1.07. The number of carbonyl (C=O) groups is 1. The number of hydrogen-bond acceptors (Lipinski definition) is 10. The van der Waals surface area contributed by atoms with Crippen LogP contribution in [0.15, 0.2) is 57.5 Å². The van der Waals surface area contributed by atoms with Crippen molar-refractivity contribution in [2.75, 3.05) is 20.8 Å². The highest BCUT2D eigenvalue weighted by molar-refractivity contribution is 7.07. The molecule has 12 heteroatoms. The van der Waals surface area contributed by atoms with Gasteiger partial charge >= 0.3 is 11.7 Å². The average Bonchev–Trinajstić information content (AvgIpc) is 3.17. The number of nitrogens with zero attached hydrogens (tertiary/aromatic N) is 3. The van der Waals surface area contributed by atoms with Gasteiger partial charge in [-0.25, -0.2) is 9.79 Å². The monoisotopic (exact) mass is 525 g/mol. The summed E-state index contributed by atoms with van der Waals surface area (Å²) in [5.41, 5.74) is 0.488. The van der Waals surface area contributed by atoms with Crippen molar-refractivity contribution in [1.29, 1.82) is 0 Å². The minimum absolute atomic E-state index is 0.131. The van der Waals surface area contributed by atoms with Crippen molar-refractivity contribution in [3.63, 3.8) is 0 Å². The van der Waals surface area contributed by atoms with Crippen molar-refractivity contribution in [2.45, 2.75) is 19.9 Å². The van der Waals surface area contributed by atoms with Gasteiger partial charge in [0.25, 0.3) is 5.56 Å². The smallest absolute Gasteiger partial charge is 0.338 e. The molecule has 3 aromatic rings. The normalized spacial score (nSPS) is 15.1. The van der Waals surface area contributed by atoms with Crippen LogP contribution in [0.3, 0.4) is 0 Å². The number of benzene rings is 2. The van der Waals surface area contributed by atoms with E-state index in [1.54, 1.807) is 32.0 Å². The summed E-state index contributed by atoms with van der Waals surface area (Å²) < 4.78 is 17.8. The second kappa shape index (κ2) is 10.3. The molecule has 1 aromatic heterocycles. The maximum absolute atomic E-state index is 13.7. The molecule has 11 nitrogen and oxygen atoms in total. The molecule has 0 radical (unpaired) electrons. The largest absolute Gasteiger partial charge is 0.502 e. The van der Waals surface area contributed by atoms with Gasteiger partial charge in [0, 0.05) is 17.7 Å². The number of esters is 1. The Bertz CT molecular complexity index is 1620. The molecule has 0 spiro atoms. The summed E-state index contributed by atoms with van der Waals surface area (Å²) in [7, 11) is 2.99. The molecule has 4 rings (SSSR count). The first kappa shape index (κ1) is 25.6. The van der Waals surface area contributed by atoms with Gasteiger partial charge in [-0.3, -0.25) is 19.5 Å². The third kappa shape index (κ3) is 4.70. The lowest BCUT2D eigenvalue weighted by atomic mass is 9.95. The van der Waals surface area contributed by atoms with Gasteiger partial charge in [0.1, 0.15) is 17.5 Å². The number of aromatic nitrogens is 1. The van der Waals surface area contributed by atoms with Gasteiger partial charge in [0.15, 0.2) is 10.6 Å². The molecule has 192 valence electrons. The summed E-state index contributed by atoms with van der Waals surface area (Å²) in [6.07, 6.45) is 1.47. The fourth-order valence-electron chi connectivity index (χ4n) is 4.06. The Kier molecular flexibility index (Phi) is 7.11. The Morgan fingerprint density at radius 2 is 2.00 bits per heavy atom. The lowest BCUT2D eigenvalue weighted by molar-refractivity contribution is -0.385. The zero-order chi connectivity index (χ0) is 26.9. The Labute approximate surface area is 214 Å². The molecule has 0 unspecified atom stereocenters. The van der Waals surface area contributed by atoms with Crippen LogP contribution in [0.2, 0.25) is 0 Å². The number of carbonyl (C=O) groups excluding carboxylic acids is 1. The lowest BCUT2D eigenvalue weighted by Crippen LogP contribution is -2.40. The first-order valence-electron chi connectivity index (χ1n) is 11.1. The van der Waals surface area contributed by atoms with Crippen LogP contribution in [-0.2, 0) is 9.53 Å². The number of hydrogen-bond donors (Lipinski definition) is 1. The highest BCUT2D eigenvalue weighted by Crippen LogP contribution is 2.37. The third-order valence-electron chi connectivity index (χ3n) is 5.75. The molecular formula is C25H23N3O8S. The Morgan fingerprint density at radius 1 is 1.24 bits per heavy atom. The number of nitro groups is 1. The van der Waals surface area contributed by atoms with Crippen LogP contribution in [0, 0.1) is 10.1 Å². The van der Waals surface area contributed by atoms with E-state index in [-0.39, 0.29) is 16.7 Å². The van der Waals surface area contributed by atoms with Crippen molar-refractivity contribution in [2.24, 2.45) is 4.99 Å². The summed E-state index contributed by atoms with van der Waals surface area (Å²) in [5.74, 6) is -0.176. The van der Waals surface area contributed by atoms with Gasteiger partial charge in [0.2, 0.25) is 0 Å². The second-order valence-corrected chi connectivity index (χ2v) is 8.92. The van der Waals surface area contributed by atoms with E-state index in [1.807, 2.05) is 0 Å². The minimum Gasteiger partial charge on any atom is -0.502 e. The van der Waals surface area contributed by atoms with Crippen LogP contribution in [0.25, 0.3) is 6.08 Å². The van der Waals surface area contributed by atoms with Gasteiger partial charge in [-0.05, 0) is 43.7 Å². The van der Waals surface area contributed by atoms with Crippen LogP contribution < -0.4 is 24.4 Å². The summed E-state index contributed by atoms with van der Waals surface area (Å²) in [4.78, 5) is 42.1. The van der Waals surface area contributed by atoms with E-state index in [0.717, 1.165) is 11.3 Å². The number of phenols is 1. The van der Waals surface area contributed by atoms with Crippen LogP contribution in [-0.4, -0.2) is 41.4 Å². The zero-order valence-corrected chi connectivity index (χ0v) is 21.2. The molecule has 0 saturated carbocycles. The van der Waals surface area contributed by atoms with Gasteiger partial charge in [-0.2, -0.15) is 0 Å². The predicted octanol–water partition coefficient (Wildman–Crippen LogP) is 2.43. The first-order valence-corrected chi connectivity index (χ1v) is 11.9. The molecule has 2 aromatic carbocycles. The van der Waals surface area contributed by atoms with Crippen LogP contribution in [0.5, 0.6) is 17.2 Å². The van der Waals surface area contributed by atoms with Gasteiger partial charge in [-0.1, -0.05) is 17.4 Å². The standard InChI is InChI=1S/C25H23N3O8S/c1-5-36-24(31)21-13(2)26-25-27(22(21)16-8-7-15(34-3)12-19(16)35-4)23(30)20(37-25)11-14-6-9-18(29)17(10-14)28(32)33/h6-12,22,29H,5H2,1-4H3/b20-11-/t22-/m0/s1. The van der Waals surface area contributed by atoms with E-state index in [9.17, 15) is 24.8 Å². The van der Waals surface area contributed by atoms with E-state index in [2.05, 4.69) is 4.99 Å². The number of methoxy groups -OCH3 is 2. The Morgan fingerprint density at radius 3 is 2.65 bits per heavy atom. The van der Waals surface area contributed by atoms with E-state index in [4.69, 9.17) is 14.2 Å². The molecule has 1 atom stereocenters.